The summed E-state index contributed by atoms with van der Waals surface area (Å²) in [6.07, 6.45) is -8.19. The van der Waals surface area contributed by atoms with Gasteiger partial charge in [-0.2, -0.15) is 0 Å². The first kappa shape index (κ1) is 32.4. The second-order valence-electron chi connectivity index (χ2n) is 10.9. The zero-order valence-corrected chi connectivity index (χ0v) is 22.3. The lowest BCUT2D eigenvalue weighted by atomic mass is 9.83. The van der Waals surface area contributed by atoms with Crippen LogP contribution >= 0.6 is 0 Å². The molecule has 1 amide bonds. The predicted molar refractivity (Wildman–Crippen MR) is 135 cm³/mol. The van der Waals surface area contributed by atoms with Crippen LogP contribution in [-0.4, -0.2) is 143 Å². The monoisotopic (exact) mass is 566 g/mol. The summed E-state index contributed by atoms with van der Waals surface area (Å²) in [5.41, 5.74) is 22.5. The van der Waals surface area contributed by atoms with Crippen molar-refractivity contribution < 1.29 is 49.3 Å². The van der Waals surface area contributed by atoms with E-state index in [1.807, 2.05) is 0 Å². The van der Waals surface area contributed by atoms with Crippen LogP contribution in [0.4, 0.5) is 0 Å². The van der Waals surface area contributed by atoms with Gasteiger partial charge in [0.1, 0.15) is 36.1 Å². The van der Waals surface area contributed by atoms with Crippen molar-refractivity contribution in [3.63, 3.8) is 0 Å². The number of amides is 1. The van der Waals surface area contributed by atoms with Gasteiger partial charge < -0.3 is 78.0 Å². The highest BCUT2D eigenvalue weighted by molar-refractivity contribution is 5.81. The molecule has 39 heavy (non-hydrogen) atoms. The summed E-state index contributed by atoms with van der Waals surface area (Å²) in [5.74, 6) is -0.918. The third kappa shape index (κ3) is 7.41. The van der Waals surface area contributed by atoms with Crippen LogP contribution in [0.2, 0.25) is 0 Å². The summed E-state index contributed by atoms with van der Waals surface area (Å²) in [4.78, 5) is 12.7. The van der Waals surface area contributed by atoms with Gasteiger partial charge in [-0.25, -0.2) is 0 Å². The largest absolute Gasteiger partial charge is 0.395 e. The summed E-state index contributed by atoms with van der Waals surface area (Å²) in [6.45, 7) is 0.908. The fourth-order valence-electron chi connectivity index (χ4n) is 5.35. The Morgan fingerprint density at radius 2 is 1.79 bits per heavy atom. The Hall–Kier alpha value is -1.09. The van der Waals surface area contributed by atoms with E-state index >= 15 is 0 Å². The maximum Gasteiger partial charge on any atom is 0.250 e. The number of aliphatic hydroxyl groups is 5. The van der Waals surface area contributed by atoms with Crippen molar-refractivity contribution >= 4 is 5.91 Å². The number of likely N-dealkylation sites (N-methyl/N-ethyl adjacent to an activating group) is 1. The zero-order valence-electron chi connectivity index (χ0n) is 22.3. The van der Waals surface area contributed by atoms with Gasteiger partial charge in [-0.05, 0) is 33.2 Å². The van der Waals surface area contributed by atoms with Crippen LogP contribution in [0.25, 0.3) is 0 Å². The highest BCUT2D eigenvalue weighted by Gasteiger charge is 2.52. The summed E-state index contributed by atoms with van der Waals surface area (Å²) in [7, 11) is 1.56. The van der Waals surface area contributed by atoms with E-state index in [-0.39, 0.29) is 25.7 Å². The molecule has 14 unspecified atom stereocenters. The number of carbonyl (C=O) groups excluding carboxylic acids is 1. The molecule has 15 N–H and O–H groups in total. The second-order valence-corrected chi connectivity index (χ2v) is 10.9. The lowest BCUT2D eigenvalue weighted by molar-refractivity contribution is -0.307. The van der Waals surface area contributed by atoms with Gasteiger partial charge in [0.05, 0.1) is 43.5 Å². The van der Waals surface area contributed by atoms with Gasteiger partial charge in [-0.15, -0.1) is 0 Å². The van der Waals surface area contributed by atoms with Gasteiger partial charge in [0.15, 0.2) is 12.6 Å². The Morgan fingerprint density at radius 1 is 1.13 bits per heavy atom. The molecule has 2 saturated heterocycles. The Bertz CT molecular complexity index is 798. The Labute approximate surface area is 227 Å². The smallest absolute Gasteiger partial charge is 0.250 e. The molecule has 3 fully saturated rings. The number of hydrogen-bond donors (Lipinski definition) is 11. The van der Waals surface area contributed by atoms with Crippen molar-refractivity contribution in [2.45, 2.75) is 111 Å². The van der Waals surface area contributed by atoms with E-state index in [0.29, 0.717) is 12.8 Å². The molecule has 0 aromatic heterocycles. The van der Waals surface area contributed by atoms with E-state index < -0.39 is 91.4 Å². The Balaban J connectivity index is 1.83. The van der Waals surface area contributed by atoms with Gasteiger partial charge in [0.2, 0.25) is 0 Å². The molecule has 16 heteroatoms. The first-order valence-corrected chi connectivity index (χ1v) is 13.2. The van der Waals surface area contributed by atoms with Gasteiger partial charge in [-0.1, -0.05) is 0 Å². The van der Waals surface area contributed by atoms with Crippen molar-refractivity contribution in [3.8, 4) is 0 Å². The molecular weight excluding hydrogens is 520 g/mol. The molecule has 228 valence electrons. The minimum Gasteiger partial charge on any atom is -0.395 e. The average molecular weight is 567 g/mol. The van der Waals surface area contributed by atoms with Crippen molar-refractivity contribution in [3.05, 3.63) is 0 Å². The van der Waals surface area contributed by atoms with E-state index in [1.165, 1.54) is 6.92 Å². The maximum atomic E-state index is 12.7. The minimum absolute atomic E-state index is 0.0114. The Morgan fingerprint density at radius 3 is 2.41 bits per heavy atom. The van der Waals surface area contributed by atoms with Crippen LogP contribution in [0.3, 0.4) is 0 Å². The zero-order chi connectivity index (χ0) is 29.1. The standard InChI is InChI=1S/C23H46N6O10/c1-23(35)8-36-22(16(33)19(23)28-2)39-18-13(29-20(34)14(31)12(27)7-30)5-11(26)17(15(18)32)38-21-10(25)4-3-9(6-24)37-21/h9-19,21-22,28,30-33,35H,3-8,24-27H2,1-2H3,(H,29,34). The van der Waals surface area contributed by atoms with Gasteiger partial charge in [-0.3, -0.25) is 4.79 Å². The maximum absolute atomic E-state index is 12.7. The van der Waals surface area contributed by atoms with Crippen LogP contribution in [0.5, 0.6) is 0 Å². The third-order valence-corrected chi connectivity index (χ3v) is 7.72. The Kier molecular flexibility index (Phi) is 11.4. The molecule has 2 heterocycles. The molecule has 0 spiro atoms. The molecule has 1 saturated carbocycles. The second kappa shape index (κ2) is 13.7. The minimum atomic E-state index is -1.75. The molecule has 14 atom stereocenters. The summed E-state index contributed by atoms with van der Waals surface area (Å²) in [6, 6.07) is -4.42. The molecule has 0 aromatic rings. The first-order chi connectivity index (χ1) is 18.3. The number of carbonyl (C=O) groups is 1. The molecule has 3 aliphatic rings. The molecule has 16 nitrogen and oxygen atoms in total. The van der Waals surface area contributed by atoms with E-state index in [4.69, 9.17) is 41.9 Å². The van der Waals surface area contributed by atoms with Crippen LogP contribution in [0.15, 0.2) is 0 Å². The molecule has 0 bridgehead atoms. The number of nitrogens with one attached hydrogen (secondary N) is 2. The van der Waals surface area contributed by atoms with Crippen molar-refractivity contribution in [1.29, 1.82) is 0 Å². The molecule has 0 aromatic carbocycles. The fraction of sp³-hybridized carbons (Fsp3) is 0.957. The topological polar surface area (TPSA) is 283 Å². The van der Waals surface area contributed by atoms with Crippen LogP contribution < -0.4 is 33.6 Å². The van der Waals surface area contributed by atoms with Crippen molar-refractivity contribution in [2.75, 3.05) is 26.8 Å². The SMILES string of the molecule is CNC1C(O)C(OC2C(NC(=O)C(O)C(N)CO)CC(N)C(OC3OC(CN)CCC3N)C2O)OCC1(C)O. The van der Waals surface area contributed by atoms with Crippen LogP contribution in [0, 0.1) is 0 Å². The summed E-state index contributed by atoms with van der Waals surface area (Å²) >= 11 is 0. The van der Waals surface area contributed by atoms with Crippen LogP contribution in [0.1, 0.15) is 26.2 Å². The molecule has 0 radical (unpaired) electrons. The third-order valence-electron chi connectivity index (χ3n) is 7.72. The molecule has 3 rings (SSSR count). The molecule has 2 aliphatic heterocycles. The molecule has 1 aliphatic carbocycles. The number of ether oxygens (including phenoxy) is 4. The normalized spacial score (nSPS) is 44.9. The summed E-state index contributed by atoms with van der Waals surface area (Å²) < 4.78 is 23.5. The van der Waals surface area contributed by atoms with Crippen molar-refractivity contribution in [2.24, 2.45) is 22.9 Å². The van der Waals surface area contributed by atoms with Gasteiger partial charge in [0.25, 0.3) is 5.91 Å². The average Bonchev–Trinajstić information content (AvgIpc) is 2.89. The van der Waals surface area contributed by atoms with Crippen molar-refractivity contribution in [1.82, 2.24) is 10.6 Å². The predicted octanol–water partition coefficient (Wildman–Crippen LogP) is -6.14. The number of rotatable bonds is 10. The lowest BCUT2D eigenvalue weighted by Gasteiger charge is -2.49. The molecular formula is C23H46N6O10. The fourth-order valence-corrected chi connectivity index (χ4v) is 5.35. The van der Waals surface area contributed by atoms with E-state index in [9.17, 15) is 30.3 Å². The number of aliphatic hydroxyl groups excluding tert-OH is 4. The number of nitrogens with two attached hydrogens (primary N) is 4. The quantitative estimate of drug-likeness (QED) is 0.117. The van der Waals surface area contributed by atoms with Gasteiger partial charge in [0, 0.05) is 12.6 Å². The van der Waals surface area contributed by atoms with E-state index in [0.717, 1.165) is 0 Å². The first-order valence-electron chi connectivity index (χ1n) is 13.2. The number of hydrogen-bond acceptors (Lipinski definition) is 15. The van der Waals surface area contributed by atoms with Gasteiger partial charge >= 0.3 is 0 Å². The van der Waals surface area contributed by atoms with E-state index in [2.05, 4.69) is 10.6 Å². The highest BCUT2D eigenvalue weighted by atomic mass is 16.7. The lowest BCUT2D eigenvalue weighted by Crippen LogP contribution is -2.70. The van der Waals surface area contributed by atoms with Crippen LogP contribution in [-0.2, 0) is 23.7 Å². The van der Waals surface area contributed by atoms with E-state index in [1.54, 1.807) is 7.05 Å². The highest BCUT2D eigenvalue weighted by Crippen LogP contribution is 2.32. The summed E-state index contributed by atoms with van der Waals surface area (Å²) in [5, 5.41) is 57.7.